The van der Waals surface area contributed by atoms with Crippen LogP contribution in [-0.2, 0) is 9.59 Å². The lowest BCUT2D eigenvalue weighted by Gasteiger charge is -2.16. The van der Waals surface area contributed by atoms with E-state index in [1.807, 2.05) is 0 Å². The van der Waals surface area contributed by atoms with E-state index >= 15 is 0 Å². The smallest absolute Gasteiger partial charge is 0.240 e. The van der Waals surface area contributed by atoms with Gasteiger partial charge >= 0.3 is 0 Å². The molecule has 0 saturated heterocycles. The monoisotopic (exact) mass is 292 g/mol. The zero-order chi connectivity index (χ0) is 15.5. The first-order valence-corrected chi connectivity index (χ1v) is 7.29. The predicted octanol–water partition coefficient (Wildman–Crippen LogP) is 2.71. The minimum absolute atomic E-state index is 0.206. The molecule has 1 fully saturated rings. The van der Waals surface area contributed by atoms with Crippen molar-refractivity contribution < 1.29 is 14.0 Å². The minimum Gasteiger partial charge on any atom is -0.355 e. The fraction of sp³-hybridized carbons (Fsp3) is 0.500. The molecule has 4 nitrogen and oxygen atoms in total. The fourth-order valence-electron chi connectivity index (χ4n) is 2.11. The third-order valence-corrected chi connectivity index (χ3v) is 3.73. The number of rotatable bonds is 6. The summed E-state index contributed by atoms with van der Waals surface area (Å²) in [5.74, 6) is -0.368. The zero-order valence-electron chi connectivity index (χ0n) is 12.4. The standard InChI is InChI=1S/C16H21FN2O2/c1-11(2)7-10-18-14(20)16(8-9-16)15(21)19-13-5-3-12(17)4-6-13/h3-6,11H,7-10H2,1-2H3,(H,18,20)(H,19,21). The molecule has 2 amide bonds. The van der Waals surface area contributed by atoms with Gasteiger partial charge in [0.2, 0.25) is 11.8 Å². The number of halogens is 1. The maximum Gasteiger partial charge on any atom is 0.240 e. The first-order valence-electron chi connectivity index (χ1n) is 7.29. The zero-order valence-corrected chi connectivity index (χ0v) is 12.4. The Balaban J connectivity index is 1.91. The Bertz CT molecular complexity index is 522. The Morgan fingerprint density at radius 3 is 2.33 bits per heavy atom. The third-order valence-electron chi connectivity index (χ3n) is 3.73. The van der Waals surface area contributed by atoms with Gasteiger partial charge < -0.3 is 10.6 Å². The fourth-order valence-corrected chi connectivity index (χ4v) is 2.11. The van der Waals surface area contributed by atoms with E-state index in [0.717, 1.165) is 6.42 Å². The van der Waals surface area contributed by atoms with Crippen LogP contribution in [0.25, 0.3) is 0 Å². The summed E-state index contributed by atoms with van der Waals surface area (Å²) in [5.41, 5.74) is -0.437. The molecule has 1 aromatic rings. The topological polar surface area (TPSA) is 58.2 Å². The van der Waals surface area contributed by atoms with E-state index in [-0.39, 0.29) is 17.6 Å². The van der Waals surface area contributed by atoms with E-state index in [1.54, 1.807) is 0 Å². The quantitative estimate of drug-likeness (QED) is 0.792. The lowest BCUT2D eigenvalue weighted by Crippen LogP contribution is -2.40. The molecule has 0 heterocycles. The molecule has 0 unspecified atom stereocenters. The van der Waals surface area contributed by atoms with Crippen LogP contribution in [0.2, 0.25) is 0 Å². The number of benzene rings is 1. The largest absolute Gasteiger partial charge is 0.355 e. The van der Waals surface area contributed by atoms with Crippen LogP contribution in [0, 0.1) is 17.2 Å². The summed E-state index contributed by atoms with van der Waals surface area (Å²) in [6.45, 7) is 4.75. The maximum atomic E-state index is 12.8. The van der Waals surface area contributed by atoms with E-state index in [1.165, 1.54) is 24.3 Å². The molecule has 0 aromatic heterocycles. The van der Waals surface area contributed by atoms with Gasteiger partial charge in [-0.2, -0.15) is 0 Å². The molecular weight excluding hydrogens is 271 g/mol. The highest BCUT2D eigenvalue weighted by Gasteiger charge is 2.56. The van der Waals surface area contributed by atoms with Gasteiger partial charge in [-0.05, 0) is 49.4 Å². The van der Waals surface area contributed by atoms with Crippen molar-refractivity contribution in [2.75, 3.05) is 11.9 Å². The second kappa shape index (κ2) is 6.24. The van der Waals surface area contributed by atoms with Crippen molar-refractivity contribution in [1.82, 2.24) is 5.32 Å². The van der Waals surface area contributed by atoms with Gasteiger partial charge in [0, 0.05) is 12.2 Å². The second-order valence-corrected chi connectivity index (χ2v) is 5.98. The van der Waals surface area contributed by atoms with Crippen molar-refractivity contribution in [3.63, 3.8) is 0 Å². The van der Waals surface area contributed by atoms with Crippen LogP contribution >= 0.6 is 0 Å². The molecule has 0 bridgehead atoms. The first-order chi connectivity index (χ1) is 9.94. The average molecular weight is 292 g/mol. The number of nitrogens with one attached hydrogen (secondary N) is 2. The first kappa shape index (κ1) is 15.5. The van der Waals surface area contributed by atoms with Crippen LogP contribution in [0.5, 0.6) is 0 Å². The van der Waals surface area contributed by atoms with Crippen molar-refractivity contribution >= 4 is 17.5 Å². The number of anilines is 1. The molecule has 1 saturated carbocycles. The summed E-state index contributed by atoms with van der Waals surface area (Å²) in [7, 11) is 0. The molecule has 114 valence electrons. The van der Waals surface area contributed by atoms with Crippen molar-refractivity contribution in [3.05, 3.63) is 30.1 Å². The molecule has 0 aliphatic heterocycles. The van der Waals surface area contributed by atoms with Gasteiger partial charge in [-0.3, -0.25) is 9.59 Å². The molecular formula is C16H21FN2O2. The van der Waals surface area contributed by atoms with Gasteiger partial charge in [0.25, 0.3) is 0 Å². The summed E-state index contributed by atoms with van der Waals surface area (Å²) in [6.07, 6.45) is 2.02. The molecule has 1 aliphatic carbocycles. The molecule has 0 spiro atoms. The van der Waals surface area contributed by atoms with Crippen molar-refractivity contribution in [2.24, 2.45) is 11.3 Å². The van der Waals surface area contributed by atoms with E-state index < -0.39 is 5.41 Å². The van der Waals surface area contributed by atoms with Crippen molar-refractivity contribution in [1.29, 1.82) is 0 Å². The summed E-state index contributed by atoms with van der Waals surface area (Å²) < 4.78 is 12.8. The van der Waals surface area contributed by atoms with Gasteiger partial charge in [-0.25, -0.2) is 4.39 Å². The number of carbonyl (C=O) groups excluding carboxylic acids is 2. The van der Waals surface area contributed by atoms with E-state index in [9.17, 15) is 14.0 Å². The van der Waals surface area contributed by atoms with Gasteiger partial charge in [0.1, 0.15) is 11.2 Å². The highest BCUT2D eigenvalue weighted by Crippen LogP contribution is 2.46. The van der Waals surface area contributed by atoms with Crippen LogP contribution in [0.1, 0.15) is 33.1 Å². The van der Waals surface area contributed by atoms with Crippen LogP contribution in [-0.4, -0.2) is 18.4 Å². The number of hydrogen-bond acceptors (Lipinski definition) is 2. The second-order valence-electron chi connectivity index (χ2n) is 5.98. The van der Waals surface area contributed by atoms with Gasteiger partial charge in [-0.15, -0.1) is 0 Å². The highest BCUT2D eigenvalue weighted by atomic mass is 19.1. The molecule has 5 heteroatoms. The lowest BCUT2D eigenvalue weighted by atomic mass is 10.0. The number of amides is 2. The molecule has 21 heavy (non-hydrogen) atoms. The van der Waals surface area contributed by atoms with Crippen LogP contribution in [0.3, 0.4) is 0 Å². The summed E-state index contributed by atoms with van der Waals surface area (Å²) >= 11 is 0. The van der Waals surface area contributed by atoms with Gasteiger partial charge in [0.05, 0.1) is 0 Å². The lowest BCUT2D eigenvalue weighted by molar-refractivity contribution is -0.134. The Kier molecular flexibility index (Phi) is 4.60. The summed E-state index contributed by atoms with van der Waals surface area (Å²) in [5, 5.41) is 5.52. The van der Waals surface area contributed by atoms with Gasteiger partial charge in [-0.1, -0.05) is 13.8 Å². The molecule has 0 radical (unpaired) electrons. The van der Waals surface area contributed by atoms with Gasteiger partial charge in [0.15, 0.2) is 0 Å². The third kappa shape index (κ3) is 3.80. The Labute approximate surface area is 124 Å². The molecule has 2 N–H and O–H groups in total. The molecule has 2 rings (SSSR count). The molecule has 0 atom stereocenters. The molecule has 1 aromatic carbocycles. The summed E-state index contributed by atoms with van der Waals surface area (Å²) in [4.78, 5) is 24.4. The molecule has 1 aliphatic rings. The van der Waals surface area contributed by atoms with E-state index in [0.29, 0.717) is 31.0 Å². The Morgan fingerprint density at radius 1 is 1.19 bits per heavy atom. The highest BCUT2D eigenvalue weighted by molar-refractivity contribution is 6.13. The van der Waals surface area contributed by atoms with Crippen LogP contribution in [0.15, 0.2) is 24.3 Å². The predicted molar refractivity (Wildman–Crippen MR) is 79.2 cm³/mol. The Morgan fingerprint density at radius 2 is 1.81 bits per heavy atom. The van der Waals surface area contributed by atoms with E-state index in [4.69, 9.17) is 0 Å². The normalized spacial score (nSPS) is 15.6. The number of hydrogen-bond donors (Lipinski definition) is 2. The van der Waals surface area contributed by atoms with Crippen LogP contribution in [0.4, 0.5) is 10.1 Å². The summed E-state index contributed by atoms with van der Waals surface area (Å²) in [6, 6.07) is 5.52. The SMILES string of the molecule is CC(C)CCNC(=O)C1(C(=O)Nc2ccc(F)cc2)CC1. The van der Waals surface area contributed by atoms with E-state index in [2.05, 4.69) is 24.5 Å². The van der Waals surface area contributed by atoms with Crippen molar-refractivity contribution in [2.45, 2.75) is 33.1 Å². The van der Waals surface area contributed by atoms with Crippen molar-refractivity contribution in [3.8, 4) is 0 Å². The Hall–Kier alpha value is -1.91. The average Bonchev–Trinajstić information content (AvgIpc) is 3.22. The maximum absolute atomic E-state index is 12.8. The minimum atomic E-state index is -0.939. The number of carbonyl (C=O) groups is 2. The van der Waals surface area contributed by atoms with Crippen LogP contribution < -0.4 is 10.6 Å².